The van der Waals surface area contributed by atoms with Crippen LogP contribution >= 0.6 is 0 Å². The van der Waals surface area contributed by atoms with Crippen molar-refractivity contribution in [3.05, 3.63) is 0 Å². The van der Waals surface area contributed by atoms with Gasteiger partial charge in [-0.3, -0.25) is 0 Å². The summed E-state index contributed by atoms with van der Waals surface area (Å²) in [5.74, 6) is 0. The zero-order valence-corrected chi connectivity index (χ0v) is 5.44. The second-order valence-corrected chi connectivity index (χ2v) is 5.41. The van der Waals surface area contributed by atoms with Crippen molar-refractivity contribution >= 4 is 8.80 Å². The summed E-state index contributed by atoms with van der Waals surface area (Å²) in [5, 5.41) is 0. The van der Waals surface area contributed by atoms with Crippen molar-refractivity contribution in [3.63, 3.8) is 0 Å². The second-order valence-electron chi connectivity index (χ2n) is 1.80. The molecule has 0 radical (unpaired) electrons. The lowest BCUT2D eigenvalue weighted by Crippen LogP contribution is -1.92. The van der Waals surface area contributed by atoms with Crippen molar-refractivity contribution in [2.45, 2.75) is 40.9 Å². The maximum absolute atomic E-state index is 2.36. The van der Waals surface area contributed by atoms with E-state index in [1.807, 2.05) is 0 Å². The summed E-state index contributed by atoms with van der Waals surface area (Å²) < 4.78 is 0. The average Bonchev–Trinajstić information content (AvgIpc) is 1.38. The van der Waals surface area contributed by atoms with Gasteiger partial charge in [0.25, 0.3) is 0 Å². The van der Waals surface area contributed by atoms with E-state index in [0.717, 1.165) is 0 Å². The fourth-order valence-corrected chi connectivity index (χ4v) is 0. The molecule has 0 rings (SSSR count). The minimum atomic E-state index is -0.150. The van der Waals surface area contributed by atoms with Crippen molar-refractivity contribution in [3.8, 4) is 0 Å². The van der Waals surface area contributed by atoms with E-state index in [4.69, 9.17) is 0 Å². The van der Waals surface area contributed by atoms with E-state index in [0.29, 0.717) is 0 Å². The van der Waals surface area contributed by atoms with E-state index in [9.17, 15) is 0 Å². The summed E-state index contributed by atoms with van der Waals surface area (Å²) in [4.78, 5) is 0. The fourth-order valence-electron chi connectivity index (χ4n) is 0. The van der Waals surface area contributed by atoms with Crippen LogP contribution in [-0.2, 0) is 0 Å². The Morgan fingerprint density at radius 3 is 1.29 bits per heavy atom. The van der Waals surface area contributed by atoms with Gasteiger partial charge in [-0.25, -0.2) is 0 Å². The smallest absolute Gasteiger partial charge is 0.0302 e. The molecule has 1 heteroatoms. The molecule has 0 aromatic heterocycles. The standard InChI is InChI=1S/C4H12Si.2CH4/c1-4-5(2)3;;/h5H,4H2,1-3H3;2*1H4. The minimum absolute atomic E-state index is 0. The molecule has 0 unspecified atom stereocenters. The quantitative estimate of drug-likeness (QED) is 0.467. The van der Waals surface area contributed by atoms with Crippen molar-refractivity contribution in [2.75, 3.05) is 0 Å². The maximum Gasteiger partial charge on any atom is 0.0302 e. The summed E-state index contributed by atoms with van der Waals surface area (Å²) in [6.07, 6.45) is 0. The monoisotopic (exact) mass is 120 g/mol. The second kappa shape index (κ2) is 9.52. The Kier molecular flexibility index (Phi) is 21.3. The summed E-state index contributed by atoms with van der Waals surface area (Å²) >= 11 is 0. The van der Waals surface area contributed by atoms with Crippen LogP contribution in [0.3, 0.4) is 0 Å². The van der Waals surface area contributed by atoms with Crippen molar-refractivity contribution in [1.29, 1.82) is 0 Å². The molecule has 48 valence electrons. The van der Waals surface area contributed by atoms with E-state index in [-0.39, 0.29) is 23.7 Å². The zero-order chi connectivity index (χ0) is 4.28. The van der Waals surface area contributed by atoms with E-state index < -0.39 is 0 Å². The largest absolute Gasteiger partial charge is 0.0776 e. The summed E-state index contributed by atoms with van der Waals surface area (Å²) in [6, 6.07) is 1.44. The number of hydrogen-bond acceptors (Lipinski definition) is 0. The first-order valence-corrected chi connectivity index (χ1v) is 5.40. The molecule has 0 amide bonds. The van der Waals surface area contributed by atoms with Gasteiger partial charge in [-0.2, -0.15) is 0 Å². The van der Waals surface area contributed by atoms with Crippen molar-refractivity contribution in [2.24, 2.45) is 0 Å². The zero-order valence-electron chi connectivity index (χ0n) is 4.28. The Bertz CT molecular complexity index is 18.1. The Balaban J connectivity index is -0.0000000800. The third kappa shape index (κ3) is 22.5. The van der Waals surface area contributed by atoms with Crippen LogP contribution in [0, 0.1) is 0 Å². The van der Waals surface area contributed by atoms with Gasteiger partial charge in [0.05, 0.1) is 0 Å². The van der Waals surface area contributed by atoms with Gasteiger partial charge in [-0.15, -0.1) is 0 Å². The lowest BCUT2D eigenvalue weighted by Gasteiger charge is -1.87. The van der Waals surface area contributed by atoms with Crippen LogP contribution in [0.1, 0.15) is 21.8 Å². The van der Waals surface area contributed by atoms with Crippen LogP contribution in [0.4, 0.5) is 0 Å². The predicted octanol–water partition coefficient (Wildman–Crippen LogP) is 2.77. The van der Waals surface area contributed by atoms with E-state index in [1.165, 1.54) is 6.04 Å². The molecule has 0 saturated heterocycles. The van der Waals surface area contributed by atoms with Crippen LogP contribution in [0.5, 0.6) is 0 Å². The topological polar surface area (TPSA) is 0 Å². The van der Waals surface area contributed by atoms with Crippen LogP contribution in [0.2, 0.25) is 19.1 Å². The van der Waals surface area contributed by atoms with E-state index in [2.05, 4.69) is 20.0 Å². The first kappa shape index (κ1) is 15.7. The number of hydrogen-bond donors (Lipinski definition) is 0. The normalized spacial score (nSPS) is 6.86. The van der Waals surface area contributed by atoms with E-state index in [1.54, 1.807) is 0 Å². The molecular formula is C6H20Si. The predicted molar refractivity (Wildman–Crippen MR) is 42.8 cm³/mol. The van der Waals surface area contributed by atoms with Gasteiger partial charge in [0.15, 0.2) is 0 Å². The van der Waals surface area contributed by atoms with Gasteiger partial charge >= 0.3 is 0 Å². The minimum Gasteiger partial charge on any atom is -0.0776 e. The Morgan fingerprint density at radius 1 is 1.14 bits per heavy atom. The van der Waals surface area contributed by atoms with Crippen molar-refractivity contribution in [1.82, 2.24) is 0 Å². The van der Waals surface area contributed by atoms with E-state index >= 15 is 0 Å². The molecule has 0 fully saturated rings. The Hall–Kier alpha value is 0.217. The molecule has 0 bridgehead atoms. The third-order valence-corrected chi connectivity index (χ3v) is 2.45. The van der Waals surface area contributed by atoms with Gasteiger partial charge < -0.3 is 0 Å². The molecule has 0 aliphatic heterocycles. The first-order chi connectivity index (χ1) is 2.27. The Morgan fingerprint density at radius 2 is 1.29 bits per heavy atom. The van der Waals surface area contributed by atoms with Crippen LogP contribution in [-0.4, -0.2) is 8.80 Å². The highest BCUT2D eigenvalue weighted by Gasteiger charge is 1.82. The molecule has 7 heavy (non-hydrogen) atoms. The first-order valence-electron chi connectivity index (χ1n) is 2.27. The molecule has 0 saturated carbocycles. The summed E-state index contributed by atoms with van der Waals surface area (Å²) in [5.41, 5.74) is 0. The van der Waals surface area contributed by atoms with Gasteiger partial charge in [0, 0.05) is 8.80 Å². The molecular weight excluding hydrogens is 100 g/mol. The van der Waals surface area contributed by atoms with Gasteiger partial charge in [-0.1, -0.05) is 40.9 Å². The Labute approximate surface area is 50.6 Å². The molecule has 0 aromatic rings. The molecule has 0 nitrogen and oxygen atoms in total. The fraction of sp³-hybridized carbons (Fsp3) is 1.00. The lowest BCUT2D eigenvalue weighted by atomic mass is 11.0. The lowest BCUT2D eigenvalue weighted by molar-refractivity contribution is 1.41. The summed E-state index contributed by atoms with van der Waals surface area (Å²) in [6.45, 7) is 6.98. The highest BCUT2D eigenvalue weighted by molar-refractivity contribution is 6.55. The van der Waals surface area contributed by atoms with Crippen LogP contribution in [0.25, 0.3) is 0 Å². The highest BCUT2D eigenvalue weighted by Crippen LogP contribution is 1.83. The number of rotatable bonds is 1. The molecule has 0 heterocycles. The van der Waals surface area contributed by atoms with Crippen LogP contribution in [0.15, 0.2) is 0 Å². The molecule has 0 spiro atoms. The molecule has 0 aliphatic rings. The maximum atomic E-state index is 2.36. The van der Waals surface area contributed by atoms with Crippen LogP contribution < -0.4 is 0 Å². The van der Waals surface area contributed by atoms with Crippen molar-refractivity contribution < 1.29 is 0 Å². The molecule has 0 aliphatic carbocycles. The molecule has 0 atom stereocenters. The van der Waals surface area contributed by atoms with Gasteiger partial charge in [0.1, 0.15) is 0 Å². The molecule has 0 aromatic carbocycles. The summed E-state index contributed by atoms with van der Waals surface area (Å²) in [7, 11) is -0.150. The SMILES string of the molecule is C.C.CC[SiH](C)C. The van der Waals surface area contributed by atoms with Gasteiger partial charge in [0.2, 0.25) is 0 Å². The average molecular weight is 120 g/mol. The third-order valence-electron chi connectivity index (χ3n) is 0.816. The van der Waals surface area contributed by atoms with Gasteiger partial charge in [-0.05, 0) is 0 Å². The molecule has 0 N–H and O–H groups in total. The highest BCUT2D eigenvalue weighted by atomic mass is 28.3.